The molecule has 0 aliphatic carbocycles. The summed E-state index contributed by atoms with van der Waals surface area (Å²) in [4.78, 5) is 26.2. The molecule has 134 valence electrons. The molecule has 0 aliphatic heterocycles. The van der Waals surface area contributed by atoms with Gasteiger partial charge in [-0.3, -0.25) is 4.79 Å². The van der Waals surface area contributed by atoms with E-state index in [0.717, 1.165) is 23.5 Å². The smallest absolute Gasteiger partial charge is 0.416 e. The number of amides is 1. The van der Waals surface area contributed by atoms with Crippen molar-refractivity contribution >= 4 is 23.2 Å². The van der Waals surface area contributed by atoms with Crippen LogP contribution in [0, 0.1) is 0 Å². The Balaban J connectivity index is 1.98. The van der Waals surface area contributed by atoms with Gasteiger partial charge < -0.3 is 15.2 Å². The lowest BCUT2D eigenvalue weighted by atomic mass is 10.1. The maximum Gasteiger partial charge on any atom is 0.416 e. The normalized spacial score (nSPS) is 11.3. The van der Waals surface area contributed by atoms with Crippen LogP contribution in [0.25, 0.3) is 10.6 Å². The number of aromatic nitrogens is 1. The van der Waals surface area contributed by atoms with E-state index in [9.17, 15) is 22.8 Å². The monoisotopic (exact) mass is 374 g/mol. The van der Waals surface area contributed by atoms with Crippen LogP contribution in [0.4, 0.5) is 13.2 Å². The second-order valence-electron chi connectivity index (χ2n) is 4.82. The van der Waals surface area contributed by atoms with E-state index >= 15 is 0 Å². The lowest BCUT2D eigenvalue weighted by Gasteiger charge is -2.07. The number of halogens is 3. The lowest BCUT2D eigenvalue weighted by Crippen LogP contribution is -2.28. The number of hydrogen-bond donors (Lipinski definition) is 2. The van der Waals surface area contributed by atoms with Gasteiger partial charge in [-0.2, -0.15) is 13.2 Å². The van der Waals surface area contributed by atoms with Crippen LogP contribution in [0.5, 0.6) is 0 Å². The van der Waals surface area contributed by atoms with Crippen LogP contribution in [0.2, 0.25) is 0 Å². The second-order valence-corrected chi connectivity index (χ2v) is 5.68. The zero-order valence-corrected chi connectivity index (χ0v) is 13.5. The van der Waals surface area contributed by atoms with Gasteiger partial charge in [-0.05, 0) is 12.1 Å². The maximum atomic E-state index is 12.7. The summed E-state index contributed by atoms with van der Waals surface area (Å²) in [6.07, 6.45) is -4.45. The molecule has 1 heterocycles. The summed E-state index contributed by atoms with van der Waals surface area (Å²) in [5.41, 5.74) is -0.457. The third-order valence-electron chi connectivity index (χ3n) is 2.93. The molecule has 1 aromatic heterocycles. The van der Waals surface area contributed by atoms with Crippen LogP contribution in [-0.4, -0.2) is 41.7 Å². The molecule has 2 aromatic rings. The maximum absolute atomic E-state index is 12.7. The van der Waals surface area contributed by atoms with Crippen LogP contribution >= 0.6 is 11.3 Å². The van der Waals surface area contributed by atoms with Crippen LogP contribution in [0.15, 0.2) is 29.6 Å². The number of carbonyl (C=O) groups excluding carboxylic acids is 1. The first-order valence-corrected chi connectivity index (χ1v) is 7.86. The SMILES string of the molecule is O=C(O)COCCNC(=O)c1csc(-c2cccc(C(F)(F)F)c2)n1. The number of nitrogens with one attached hydrogen (secondary N) is 1. The zero-order valence-electron chi connectivity index (χ0n) is 12.7. The number of benzene rings is 1. The first-order valence-electron chi connectivity index (χ1n) is 6.98. The molecule has 0 saturated carbocycles. The quantitative estimate of drug-likeness (QED) is 0.728. The highest BCUT2D eigenvalue weighted by Crippen LogP contribution is 2.33. The number of carboxylic acid groups (broad SMARTS) is 1. The third kappa shape index (κ3) is 5.54. The van der Waals surface area contributed by atoms with Gasteiger partial charge in [0.15, 0.2) is 0 Å². The molecule has 1 amide bonds. The fourth-order valence-corrected chi connectivity index (χ4v) is 2.62. The average molecular weight is 374 g/mol. The van der Waals surface area contributed by atoms with E-state index in [-0.39, 0.29) is 24.4 Å². The van der Waals surface area contributed by atoms with E-state index in [2.05, 4.69) is 10.3 Å². The van der Waals surface area contributed by atoms with Gasteiger partial charge in [0.25, 0.3) is 5.91 Å². The first kappa shape index (κ1) is 18.9. The van der Waals surface area contributed by atoms with Crippen molar-refractivity contribution < 1.29 is 32.6 Å². The predicted octanol–water partition coefficient (Wildman–Crippen LogP) is 2.66. The molecule has 0 atom stereocenters. The predicted molar refractivity (Wildman–Crippen MR) is 83.3 cm³/mol. The number of thiazole rings is 1. The summed E-state index contributed by atoms with van der Waals surface area (Å²) in [6.45, 7) is -0.364. The summed E-state index contributed by atoms with van der Waals surface area (Å²) in [5.74, 6) is -1.63. The topological polar surface area (TPSA) is 88.5 Å². The van der Waals surface area contributed by atoms with Crippen molar-refractivity contribution in [1.82, 2.24) is 10.3 Å². The molecule has 0 saturated heterocycles. The number of carbonyl (C=O) groups is 2. The van der Waals surface area contributed by atoms with E-state index < -0.39 is 30.2 Å². The third-order valence-corrected chi connectivity index (χ3v) is 3.82. The molecule has 2 N–H and O–H groups in total. The van der Waals surface area contributed by atoms with Crippen molar-refractivity contribution in [2.45, 2.75) is 6.18 Å². The highest BCUT2D eigenvalue weighted by molar-refractivity contribution is 7.13. The molecule has 6 nitrogen and oxygen atoms in total. The van der Waals surface area contributed by atoms with Gasteiger partial charge in [-0.15, -0.1) is 11.3 Å². The van der Waals surface area contributed by atoms with Gasteiger partial charge in [0.1, 0.15) is 17.3 Å². The largest absolute Gasteiger partial charge is 0.480 e. The molecule has 10 heteroatoms. The van der Waals surface area contributed by atoms with Gasteiger partial charge in [-0.25, -0.2) is 9.78 Å². The van der Waals surface area contributed by atoms with E-state index in [4.69, 9.17) is 9.84 Å². The Morgan fingerprint density at radius 2 is 2.08 bits per heavy atom. The summed E-state index contributed by atoms with van der Waals surface area (Å²) < 4.78 is 43.0. The second kappa shape index (κ2) is 8.08. The fraction of sp³-hybridized carbons (Fsp3) is 0.267. The van der Waals surface area contributed by atoms with Crippen molar-refractivity contribution in [2.75, 3.05) is 19.8 Å². The van der Waals surface area contributed by atoms with Crippen molar-refractivity contribution in [3.05, 3.63) is 40.9 Å². The number of nitrogens with zero attached hydrogens (tertiary/aromatic N) is 1. The minimum Gasteiger partial charge on any atom is -0.480 e. The molecule has 25 heavy (non-hydrogen) atoms. The number of carboxylic acids is 1. The number of alkyl halides is 3. The molecular weight excluding hydrogens is 361 g/mol. The van der Waals surface area contributed by atoms with Gasteiger partial charge in [0.05, 0.1) is 12.2 Å². The average Bonchev–Trinajstić information content (AvgIpc) is 3.03. The summed E-state index contributed by atoms with van der Waals surface area (Å²) in [6, 6.07) is 4.69. The highest BCUT2D eigenvalue weighted by Gasteiger charge is 2.30. The molecule has 0 bridgehead atoms. The lowest BCUT2D eigenvalue weighted by molar-refractivity contribution is -0.142. The highest BCUT2D eigenvalue weighted by atomic mass is 32.1. The van der Waals surface area contributed by atoms with Crippen LogP contribution in [-0.2, 0) is 15.7 Å². The fourth-order valence-electron chi connectivity index (χ4n) is 1.83. The number of hydrogen-bond acceptors (Lipinski definition) is 5. The Kier molecular flexibility index (Phi) is 6.10. The molecule has 0 aliphatic rings. The molecule has 2 rings (SSSR count). The minimum atomic E-state index is -4.45. The van der Waals surface area contributed by atoms with Crippen molar-refractivity contribution in [2.24, 2.45) is 0 Å². The van der Waals surface area contributed by atoms with Crippen molar-refractivity contribution in [3.63, 3.8) is 0 Å². The molecule has 0 unspecified atom stereocenters. The molecule has 0 fully saturated rings. The summed E-state index contributed by atoms with van der Waals surface area (Å²) >= 11 is 1.05. The standard InChI is InChI=1S/C15H13F3N2O4S/c16-15(17,18)10-3-1-2-9(6-10)14-20-11(8-25-14)13(23)19-4-5-24-7-12(21)22/h1-3,6,8H,4-5,7H2,(H,19,23)(H,21,22). The number of aliphatic carboxylic acids is 1. The summed E-state index contributed by atoms with van der Waals surface area (Å²) in [5, 5.41) is 12.6. The van der Waals surface area contributed by atoms with Crippen LogP contribution in [0.3, 0.4) is 0 Å². The minimum absolute atomic E-state index is 0.0165. The Morgan fingerprint density at radius 3 is 2.76 bits per heavy atom. The molecule has 0 radical (unpaired) electrons. The number of rotatable bonds is 7. The van der Waals surface area contributed by atoms with E-state index in [1.165, 1.54) is 17.5 Å². The molecule has 0 spiro atoms. The number of ether oxygens (including phenoxy) is 1. The van der Waals surface area contributed by atoms with Crippen molar-refractivity contribution in [1.29, 1.82) is 0 Å². The van der Waals surface area contributed by atoms with E-state index in [1.54, 1.807) is 0 Å². The van der Waals surface area contributed by atoms with E-state index in [1.807, 2.05) is 0 Å². The summed E-state index contributed by atoms with van der Waals surface area (Å²) in [7, 11) is 0. The molecule has 1 aromatic carbocycles. The van der Waals surface area contributed by atoms with Gasteiger partial charge in [0.2, 0.25) is 0 Å². The Hall–Kier alpha value is -2.46. The van der Waals surface area contributed by atoms with Crippen LogP contribution < -0.4 is 5.32 Å². The first-order chi connectivity index (χ1) is 11.8. The Morgan fingerprint density at radius 1 is 1.32 bits per heavy atom. The van der Waals surface area contributed by atoms with E-state index in [0.29, 0.717) is 5.01 Å². The van der Waals surface area contributed by atoms with Gasteiger partial charge in [0, 0.05) is 17.5 Å². The van der Waals surface area contributed by atoms with Crippen molar-refractivity contribution in [3.8, 4) is 10.6 Å². The van der Waals surface area contributed by atoms with Gasteiger partial charge in [-0.1, -0.05) is 12.1 Å². The van der Waals surface area contributed by atoms with Crippen LogP contribution in [0.1, 0.15) is 16.1 Å². The molecular formula is C15H13F3N2O4S. The Bertz CT molecular complexity index is 761. The Labute approximate surface area is 144 Å². The zero-order chi connectivity index (χ0) is 18.4. The van der Waals surface area contributed by atoms with Gasteiger partial charge >= 0.3 is 12.1 Å².